The lowest BCUT2D eigenvalue weighted by Gasteiger charge is -2.12. The van der Waals surface area contributed by atoms with Gasteiger partial charge in [-0.05, 0) is 56.0 Å². The molecule has 4 nitrogen and oxygen atoms in total. The third kappa shape index (κ3) is 3.23. The van der Waals surface area contributed by atoms with Crippen LogP contribution in [0.1, 0.15) is 19.8 Å². The minimum Gasteiger partial charge on any atom is -0.385 e. The van der Waals surface area contributed by atoms with Crippen molar-refractivity contribution in [3.05, 3.63) is 24.3 Å². The molecular formula is C13H20N2O2S. The van der Waals surface area contributed by atoms with Gasteiger partial charge in [-0.25, -0.2) is 13.1 Å². The fourth-order valence-corrected chi connectivity index (χ4v) is 2.71. The molecule has 1 aliphatic carbocycles. The number of hydrogen-bond acceptors (Lipinski definition) is 3. The van der Waals surface area contributed by atoms with E-state index in [1.165, 1.54) is 19.9 Å². The molecule has 2 rings (SSSR count). The van der Waals surface area contributed by atoms with Gasteiger partial charge in [0.05, 0.1) is 4.90 Å². The lowest BCUT2D eigenvalue weighted by Crippen LogP contribution is -2.18. The normalized spacial score (nSPS) is 17.4. The SMILES string of the molecule is CNS(=O)(=O)c1ccc(NCC(C)C2CC2)cc1. The number of sulfonamides is 1. The van der Waals surface area contributed by atoms with Crippen molar-refractivity contribution in [3.8, 4) is 0 Å². The van der Waals surface area contributed by atoms with Crippen molar-refractivity contribution >= 4 is 15.7 Å². The zero-order valence-electron chi connectivity index (χ0n) is 10.8. The molecule has 1 atom stereocenters. The first kappa shape index (κ1) is 13.4. The highest BCUT2D eigenvalue weighted by Gasteiger charge is 2.27. The third-order valence-electron chi connectivity index (χ3n) is 3.49. The minimum atomic E-state index is -3.33. The van der Waals surface area contributed by atoms with Gasteiger partial charge in [0.1, 0.15) is 0 Å². The lowest BCUT2D eigenvalue weighted by atomic mass is 10.1. The Balaban J connectivity index is 1.95. The van der Waals surface area contributed by atoms with Crippen molar-refractivity contribution in [2.75, 3.05) is 18.9 Å². The van der Waals surface area contributed by atoms with Crippen LogP contribution < -0.4 is 10.0 Å². The van der Waals surface area contributed by atoms with Gasteiger partial charge in [-0.1, -0.05) is 6.92 Å². The Morgan fingerprint density at radius 1 is 1.28 bits per heavy atom. The molecule has 0 spiro atoms. The van der Waals surface area contributed by atoms with Gasteiger partial charge in [0.25, 0.3) is 0 Å². The van der Waals surface area contributed by atoms with E-state index >= 15 is 0 Å². The molecular weight excluding hydrogens is 248 g/mol. The van der Waals surface area contributed by atoms with Gasteiger partial charge in [-0.3, -0.25) is 0 Å². The van der Waals surface area contributed by atoms with Gasteiger partial charge >= 0.3 is 0 Å². The maximum atomic E-state index is 11.5. The van der Waals surface area contributed by atoms with Crippen LogP contribution in [0.3, 0.4) is 0 Å². The quantitative estimate of drug-likeness (QED) is 0.830. The molecule has 0 bridgehead atoms. The molecule has 5 heteroatoms. The number of benzene rings is 1. The molecule has 1 unspecified atom stereocenters. The lowest BCUT2D eigenvalue weighted by molar-refractivity contribution is 0.536. The second-order valence-electron chi connectivity index (χ2n) is 4.93. The Labute approximate surface area is 109 Å². The summed E-state index contributed by atoms with van der Waals surface area (Å²) in [6.45, 7) is 3.20. The number of hydrogen-bond donors (Lipinski definition) is 2. The molecule has 18 heavy (non-hydrogen) atoms. The summed E-state index contributed by atoms with van der Waals surface area (Å²) in [6.07, 6.45) is 2.70. The maximum absolute atomic E-state index is 11.5. The average molecular weight is 268 g/mol. The second kappa shape index (κ2) is 5.28. The van der Waals surface area contributed by atoms with Crippen molar-refractivity contribution < 1.29 is 8.42 Å². The summed E-state index contributed by atoms with van der Waals surface area (Å²) in [6, 6.07) is 6.86. The Kier molecular flexibility index (Phi) is 3.92. The molecule has 0 aliphatic heterocycles. The van der Waals surface area contributed by atoms with Crippen LogP contribution in [0.25, 0.3) is 0 Å². The van der Waals surface area contributed by atoms with Gasteiger partial charge < -0.3 is 5.32 Å². The van der Waals surface area contributed by atoms with Crippen LogP contribution in [0, 0.1) is 11.8 Å². The summed E-state index contributed by atoms with van der Waals surface area (Å²) in [5.41, 5.74) is 0.970. The van der Waals surface area contributed by atoms with E-state index < -0.39 is 10.0 Å². The van der Waals surface area contributed by atoms with Gasteiger partial charge in [-0.15, -0.1) is 0 Å². The Bertz CT molecular complexity index is 492. The molecule has 1 aliphatic rings. The largest absolute Gasteiger partial charge is 0.385 e. The zero-order chi connectivity index (χ0) is 13.2. The van der Waals surface area contributed by atoms with Gasteiger partial charge in [0, 0.05) is 12.2 Å². The van der Waals surface area contributed by atoms with Crippen LogP contribution in [-0.4, -0.2) is 22.0 Å². The first-order valence-corrected chi connectivity index (χ1v) is 7.79. The smallest absolute Gasteiger partial charge is 0.240 e. The van der Waals surface area contributed by atoms with E-state index in [0.29, 0.717) is 10.8 Å². The number of anilines is 1. The molecule has 1 saturated carbocycles. The fraction of sp³-hybridized carbons (Fsp3) is 0.538. The van der Waals surface area contributed by atoms with Crippen molar-refractivity contribution in [2.24, 2.45) is 11.8 Å². The van der Waals surface area contributed by atoms with Crippen molar-refractivity contribution in [1.82, 2.24) is 4.72 Å². The standard InChI is InChI=1S/C13H20N2O2S/c1-10(11-3-4-11)9-15-12-5-7-13(8-6-12)18(16,17)14-2/h5-8,10-11,14-15H,3-4,9H2,1-2H3. The Hall–Kier alpha value is -1.07. The van der Waals surface area contributed by atoms with E-state index in [1.807, 2.05) is 12.1 Å². The first-order valence-electron chi connectivity index (χ1n) is 6.30. The highest BCUT2D eigenvalue weighted by molar-refractivity contribution is 7.89. The highest BCUT2D eigenvalue weighted by atomic mass is 32.2. The van der Waals surface area contributed by atoms with Crippen LogP contribution in [0.4, 0.5) is 5.69 Å². The summed E-state index contributed by atoms with van der Waals surface area (Å²) in [5, 5.41) is 3.35. The first-order chi connectivity index (χ1) is 8.53. The molecule has 1 aromatic carbocycles. The second-order valence-corrected chi connectivity index (χ2v) is 6.81. The van der Waals surface area contributed by atoms with Gasteiger partial charge in [-0.2, -0.15) is 0 Å². The van der Waals surface area contributed by atoms with Crippen LogP contribution in [0.2, 0.25) is 0 Å². The molecule has 0 heterocycles. The summed E-state index contributed by atoms with van der Waals surface area (Å²) in [7, 11) is -1.91. The van der Waals surface area contributed by atoms with E-state index in [-0.39, 0.29) is 0 Å². The van der Waals surface area contributed by atoms with E-state index in [2.05, 4.69) is 17.0 Å². The molecule has 2 N–H and O–H groups in total. The predicted molar refractivity (Wildman–Crippen MR) is 73.1 cm³/mol. The zero-order valence-corrected chi connectivity index (χ0v) is 11.6. The third-order valence-corrected chi connectivity index (χ3v) is 4.92. The predicted octanol–water partition coefficient (Wildman–Crippen LogP) is 2.05. The van der Waals surface area contributed by atoms with Crippen molar-refractivity contribution in [2.45, 2.75) is 24.7 Å². The monoisotopic (exact) mass is 268 g/mol. The van der Waals surface area contributed by atoms with Gasteiger partial charge in [0.15, 0.2) is 0 Å². The summed E-state index contributed by atoms with van der Waals surface area (Å²) in [4.78, 5) is 0.297. The van der Waals surface area contributed by atoms with Gasteiger partial charge in [0.2, 0.25) is 10.0 Å². The van der Waals surface area contributed by atoms with Crippen LogP contribution in [0.15, 0.2) is 29.2 Å². The van der Waals surface area contributed by atoms with Crippen molar-refractivity contribution in [3.63, 3.8) is 0 Å². The molecule has 1 fully saturated rings. The molecule has 100 valence electrons. The fourth-order valence-electron chi connectivity index (χ4n) is 1.98. The average Bonchev–Trinajstić information content (AvgIpc) is 3.20. The highest BCUT2D eigenvalue weighted by Crippen LogP contribution is 2.36. The van der Waals surface area contributed by atoms with E-state index in [4.69, 9.17) is 0 Å². The number of nitrogens with one attached hydrogen (secondary N) is 2. The van der Waals surface area contributed by atoms with Crippen molar-refractivity contribution in [1.29, 1.82) is 0 Å². The Morgan fingerprint density at radius 2 is 1.89 bits per heavy atom. The van der Waals surface area contributed by atoms with Crippen LogP contribution in [0.5, 0.6) is 0 Å². The molecule has 1 aromatic rings. The molecule has 0 radical (unpaired) electrons. The minimum absolute atomic E-state index is 0.297. The molecule has 0 aromatic heterocycles. The Morgan fingerprint density at radius 3 is 2.39 bits per heavy atom. The maximum Gasteiger partial charge on any atom is 0.240 e. The van der Waals surface area contributed by atoms with E-state index in [9.17, 15) is 8.42 Å². The number of rotatable bonds is 6. The van der Waals surface area contributed by atoms with Crippen LogP contribution in [-0.2, 0) is 10.0 Å². The van der Waals surface area contributed by atoms with Crippen LogP contribution >= 0.6 is 0 Å². The van der Waals surface area contributed by atoms with E-state index in [1.54, 1.807) is 12.1 Å². The topological polar surface area (TPSA) is 58.2 Å². The van der Waals surface area contributed by atoms with E-state index in [0.717, 1.165) is 18.2 Å². The molecule has 0 saturated heterocycles. The summed E-state index contributed by atoms with van der Waals surface area (Å²) < 4.78 is 25.4. The molecule has 0 amide bonds. The summed E-state index contributed by atoms with van der Waals surface area (Å²) >= 11 is 0. The summed E-state index contributed by atoms with van der Waals surface area (Å²) in [5.74, 6) is 1.56.